The van der Waals surface area contributed by atoms with Crippen LogP contribution in [0.15, 0.2) is 192 Å². The molecule has 3 aromatic heterocycles. The molecule has 0 aliphatic rings. The molecule has 0 N–H and O–H groups in total. The summed E-state index contributed by atoms with van der Waals surface area (Å²) in [5.74, 6) is 0.722. The van der Waals surface area contributed by atoms with Gasteiger partial charge in [-0.25, -0.2) is 9.97 Å². The molecule has 54 heavy (non-hydrogen) atoms. The van der Waals surface area contributed by atoms with Gasteiger partial charge in [-0.3, -0.25) is 0 Å². The molecular weight excluding hydrogens is 659 g/mol. The molecule has 0 aliphatic carbocycles. The quantitative estimate of drug-likeness (QED) is 0.181. The standard InChI is InChI=1S/C50H31N3O/c1-4-13-32(14-5-1)48-43-29-34(25-28-44(43)51-50(52-48)33-15-6-2-7-16-33)35-23-26-39-40-27-24-36(31-46(40)53(45(39)30-35)37-17-8-3-9-18-37)38-20-12-21-42-41-19-10-11-22-47(41)54-49(38)42/h1-31H. The highest BCUT2D eigenvalue weighted by molar-refractivity contribution is 6.13. The van der Waals surface area contributed by atoms with E-state index < -0.39 is 0 Å². The normalized spacial score (nSPS) is 11.7. The summed E-state index contributed by atoms with van der Waals surface area (Å²) in [6.07, 6.45) is 0. The maximum absolute atomic E-state index is 6.47. The van der Waals surface area contributed by atoms with Crippen LogP contribution in [-0.4, -0.2) is 14.5 Å². The fraction of sp³-hybridized carbons (Fsp3) is 0. The van der Waals surface area contributed by atoms with Crippen LogP contribution in [0.1, 0.15) is 0 Å². The highest BCUT2D eigenvalue weighted by Crippen LogP contribution is 2.41. The van der Waals surface area contributed by atoms with Crippen LogP contribution >= 0.6 is 0 Å². The molecule has 4 nitrogen and oxygen atoms in total. The fourth-order valence-corrected chi connectivity index (χ4v) is 8.04. The van der Waals surface area contributed by atoms with E-state index >= 15 is 0 Å². The minimum Gasteiger partial charge on any atom is -0.455 e. The monoisotopic (exact) mass is 689 g/mol. The smallest absolute Gasteiger partial charge is 0.160 e. The van der Waals surface area contributed by atoms with Crippen LogP contribution in [0.3, 0.4) is 0 Å². The Hall–Kier alpha value is -7.30. The number of para-hydroxylation sites is 3. The molecule has 0 bridgehead atoms. The lowest BCUT2D eigenvalue weighted by Crippen LogP contribution is -1.96. The number of nitrogens with zero attached hydrogens (tertiary/aromatic N) is 3. The average Bonchev–Trinajstić information content (AvgIpc) is 3.79. The van der Waals surface area contributed by atoms with E-state index in [1.807, 2.05) is 36.4 Å². The highest BCUT2D eigenvalue weighted by Gasteiger charge is 2.18. The second-order valence-electron chi connectivity index (χ2n) is 13.8. The SMILES string of the molecule is c1ccc(-c2nc(-c3ccccc3)c3cc(-c4ccc5c6ccc(-c7cccc8c7oc7ccccc78)cc6n(-c6ccccc6)c5c4)ccc3n2)cc1. The third-order valence-corrected chi connectivity index (χ3v) is 10.6. The van der Waals surface area contributed by atoms with Gasteiger partial charge in [-0.2, -0.15) is 0 Å². The van der Waals surface area contributed by atoms with Crippen LogP contribution in [0.4, 0.5) is 0 Å². The Morgan fingerprint density at radius 2 is 1.00 bits per heavy atom. The van der Waals surface area contributed by atoms with Crippen molar-refractivity contribution in [3.8, 4) is 50.6 Å². The van der Waals surface area contributed by atoms with E-state index in [0.29, 0.717) is 0 Å². The van der Waals surface area contributed by atoms with E-state index in [1.165, 1.54) is 10.8 Å². The van der Waals surface area contributed by atoms with Crippen molar-refractivity contribution in [1.82, 2.24) is 14.5 Å². The second kappa shape index (κ2) is 12.1. The summed E-state index contributed by atoms with van der Waals surface area (Å²) in [6, 6.07) is 66.2. The maximum Gasteiger partial charge on any atom is 0.160 e. The third-order valence-electron chi connectivity index (χ3n) is 10.6. The summed E-state index contributed by atoms with van der Waals surface area (Å²) >= 11 is 0. The van der Waals surface area contributed by atoms with Gasteiger partial charge in [0.1, 0.15) is 11.2 Å². The fourth-order valence-electron chi connectivity index (χ4n) is 8.04. The van der Waals surface area contributed by atoms with Crippen molar-refractivity contribution in [1.29, 1.82) is 0 Å². The minimum atomic E-state index is 0.722. The predicted octanol–water partition coefficient (Wildman–Crippen LogP) is 13.3. The van der Waals surface area contributed by atoms with Gasteiger partial charge in [-0.05, 0) is 59.2 Å². The zero-order valence-corrected chi connectivity index (χ0v) is 29.1. The number of rotatable bonds is 5. The predicted molar refractivity (Wildman–Crippen MR) is 223 cm³/mol. The molecule has 3 heterocycles. The summed E-state index contributed by atoms with van der Waals surface area (Å²) in [7, 11) is 0. The molecule has 0 saturated carbocycles. The van der Waals surface area contributed by atoms with E-state index in [2.05, 4.69) is 156 Å². The Morgan fingerprint density at radius 1 is 0.389 bits per heavy atom. The topological polar surface area (TPSA) is 43.9 Å². The molecule has 0 aliphatic heterocycles. The lowest BCUT2D eigenvalue weighted by Gasteiger charge is -2.12. The summed E-state index contributed by atoms with van der Waals surface area (Å²) in [6.45, 7) is 0. The highest BCUT2D eigenvalue weighted by atomic mass is 16.3. The van der Waals surface area contributed by atoms with E-state index in [9.17, 15) is 0 Å². The third kappa shape index (κ3) is 4.85. The van der Waals surface area contributed by atoms with Gasteiger partial charge in [0.05, 0.1) is 22.2 Å². The molecule has 11 aromatic rings. The molecule has 0 amide bonds. The first-order chi connectivity index (χ1) is 26.8. The molecule has 0 radical (unpaired) electrons. The minimum absolute atomic E-state index is 0.722. The van der Waals surface area contributed by atoms with Crippen molar-refractivity contribution in [3.63, 3.8) is 0 Å². The zero-order valence-electron chi connectivity index (χ0n) is 29.1. The maximum atomic E-state index is 6.47. The Kier molecular flexibility index (Phi) is 6.82. The van der Waals surface area contributed by atoms with Crippen LogP contribution in [0.5, 0.6) is 0 Å². The van der Waals surface area contributed by atoms with Crippen molar-refractivity contribution in [2.45, 2.75) is 0 Å². The summed E-state index contributed by atoms with van der Waals surface area (Å²) < 4.78 is 8.86. The van der Waals surface area contributed by atoms with Crippen molar-refractivity contribution in [2.24, 2.45) is 0 Å². The lowest BCUT2D eigenvalue weighted by atomic mass is 9.98. The summed E-state index contributed by atoms with van der Waals surface area (Å²) in [5.41, 5.74) is 13.6. The van der Waals surface area contributed by atoms with E-state index in [1.54, 1.807) is 0 Å². The van der Waals surface area contributed by atoms with Crippen LogP contribution in [0, 0.1) is 0 Å². The van der Waals surface area contributed by atoms with E-state index in [0.717, 1.165) is 94.5 Å². The number of hydrogen-bond acceptors (Lipinski definition) is 3. The molecule has 0 atom stereocenters. The molecule has 8 aromatic carbocycles. The molecule has 252 valence electrons. The van der Waals surface area contributed by atoms with Gasteiger partial charge in [0.2, 0.25) is 0 Å². The van der Waals surface area contributed by atoms with Crippen LogP contribution in [0.2, 0.25) is 0 Å². The van der Waals surface area contributed by atoms with Gasteiger partial charge in [0, 0.05) is 49.3 Å². The molecule has 0 unspecified atom stereocenters. The van der Waals surface area contributed by atoms with Gasteiger partial charge in [0.25, 0.3) is 0 Å². The first-order valence-corrected chi connectivity index (χ1v) is 18.2. The van der Waals surface area contributed by atoms with Crippen LogP contribution in [0.25, 0.3) is 105 Å². The molecule has 4 heteroatoms. The lowest BCUT2D eigenvalue weighted by molar-refractivity contribution is 0.670. The molecule has 0 spiro atoms. The average molecular weight is 690 g/mol. The molecule has 0 fully saturated rings. The van der Waals surface area contributed by atoms with Gasteiger partial charge in [-0.15, -0.1) is 0 Å². The van der Waals surface area contributed by atoms with Gasteiger partial charge < -0.3 is 8.98 Å². The molecule has 11 rings (SSSR count). The number of aromatic nitrogens is 3. The van der Waals surface area contributed by atoms with Gasteiger partial charge in [-0.1, -0.05) is 146 Å². The number of fused-ring (bicyclic) bond motifs is 7. The first-order valence-electron chi connectivity index (χ1n) is 18.2. The largest absolute Gasteiger partial charge is 0.455 e. The summed E-state index contributed by atoms with van der Waals surface area (Å²) in [5, 5.41) is 5.69. The van der Waals surface area contributed by atoms with Crippen molar-refractivity contribution >= 4 is 54.6 Å². The van der Waals surface area contributed by atoms with E-state index in [4.69, 9.17) is 14.4 Å². The summed E-state index contributed by atoms with van der Waals surface area (Å²) in [4.78, 5) is 10.2. The second-order valence-corrected chi connectivity index (χ2v) is 13.8. The number of hydrogen-bond donors (Lipinski definition) is 0. The van der Waals surface area contributed by atoms with Crippen LogP contribution in [-0.2, 0) is 0 Å². The zero-order chi connectivity index (χ0) is 35.6. The Balaban J connectivity index is 1.11. The number of benzene rings is 8. The van der Waals surface area contributed by atoms with Crippen molar-refractivity contribution in [2.75, 3.05) is 0 Å². The van der Waals surface area contributed by atoms with Crippen LogP contribution < -0.4 is 0 Å². The van der Waals surface area contributed by atoms with Gasteiger partial charge in [0.15, 0.2) is 5.82 Å². The number of furan rings is 1. The Labute approximate surface area is 311 Å². The van der Waals surface area contributed by atoms with Crippen molar-refractivity contribution < 1.29 is 4.42 Å². The molecular formula is C50H31N3O. The first kappa shape index (κ1) is 30.3. The Morgan fingerprint density at radius 3 is 1.78 bits per heavy atom. The van der Waals surface area contributed by atoms with E-state index in [-0.39, 0.29) is 0 Å². The van der Waals surface area contributed by atoms with Gasteiger partial charge >= 0.3 is 0 Å². The Bertz CT molecular complexity index is 3200. The van der Waals surface area contributed by atoms with Crippen molar-refractivity contribution in [3.05, 3.63) is 188 Å². The molecule has 0 saturated heterocycles.